The van der Waals surface area contributed by atoms with Gasteiger partial charge in [0.05, 0.1) is 22.9 Å². The fourth-order valence-corrected chi connectivity index (χ4v) is 2.37. The molecule has 0 bridgehead atoms. The number of carboxylic acid groups (broad SMARTS) is 1. The lowest BCUT2D eigenvalue weighted by Gasteiger charge is -2.00. The monoisotopic (exact) mass is 278 g/mol. The number of aromatic carboxylic acids is 1. The number of carbonyl (C=O) groups is 1. The maximum Gasteiger partial charge on any atom is 0.336 e. The number of hydrogen-bond donors (Lipinski definition) is 2. The van der Waals surface area contributed by atoms with Crippen LogP contribution >= 0.6 is 0 Å². The van der Waals surface area contributed by atoms with Crippen LogP contribution in [-0.4, -0.2) is 25.7 Å². The maximum absolute atomic E-state index is 11.1. The second-order valence-electron chi connectivity index (χ2n) is 3.73. The smallest absolute Gasteiger partial charge is 0.336 e. The highest BCUT2D eigenvalue weighted by atomic mass is 32.2. The van der Waals surface area contributed by atoms with E-state index in [9.17, 15) is 13.2 Å². The van der Waals surface area contributed by atoms with Gasteiger partial charge in [-0.05, 0) is 12.1 Å². The molecule has 2 rings (SSSR count). The molecule has 0 radical (unpaired) electrons. The largest absolute Gasteiger partial charge is 0.478 e. The first-order valence-electron chi connectivity index (χ1n) is 5.24. The Kier molecular flexibility index (Phi) is 3.48. The van der Waals surface area contributed by atoms with E-state index in [1.54, 1.807) is 18.2 Å². The first-order chi connectivity index (χ1) is 8.98. The van der Waals surface area contributed by atoms with E-state index in [1.807, 2.05) is 0 Å². The molecule has 1 heterocycles. The third kappa shape index (κ3) is 3.29. The molecule has 0 aromatic heterocycles. The standard InChI is InChI=1S/C12H10N2O4S/c15-12(16)11-4-2-1-3-9(11)7-13-14-10-5-6-19(17,18)8-10/h1-8,14H,(H,15,16)/b13-7+. The lowest BCUT2D eigenvalue weighted by Crippen LogP contribution is -2.05. The van der Waals surface area contributed by atoms with Gasteiger partial charge in [0.1, 0.15) is 0 Å². The van der Waals surface area contributed by atoms with Gasteiger partial charge in [0.25, 0.3) is 0 Å². The average molecular weight is 278 g/mol. The van der Waals surface area contributed by atoms with Gasteiger partial charge in [0, 0.05) is 11.0 Å². The van der Waals surface area contributed by atoms with E-state index >= 15 is 0 Å². The van der Waals surface area contributed by atoms with Crippen molar-refractivity contribution >= 4 is 22.0 Å². The topological polar surface area (TPSA) is 95.8 Å². The summed E-state index contributed by atoms with van der Waals surface area (Å²) in [4.78, 5) is 10.9. The van der Waals surface area contributed by atoms with Gasteiger partial charge in [0.15, 0.2) is 9.84 Å². The molecule has 6 nitrogen and oxygen atoms in total. The minimum atomic E-state index is -3.29. The van der Waals surface area contributed by atoms with Crippen molar-refractivity contribution in [2.24, 2.45) is 5.10 Å². The molecule has 0 fully saturated rings. The van der Waals surface area contributed by atoms with E-state index in [-0.39, 0.29) is 5.56 Å². The lowest BCUT2D eigenvalue weighted by atomic mass is 10.1. The Morgan fingerprint density at radius 1 is 1.32 bits per heavy atom. The number of sulfone groups is 1. The number of benzene rings is 1. The average Bonchev–Trinajstić information content (AvgIpc) is 2.69. The minimum absolute atomic E-state index is 0.122. The van der Waals surface area contributed by atoms with E-state index in [0.717, 1.165) is 10.8 Å². The summed E-state index contributed by atoms with van der Waals surface area (Å²) in [7, 11) is -3.29. The number of rotatable bonds is 4. The molecule has 0 spiro atoms. The number of allylic oxidation sites excluding steroid dienone is 1. The van der Waals surface area contributed by atoms with Crippen LogP contribution in [0.2, 0.25) is 0 Å². The van der Waals surface area contributed by atoms with E-state index in [4.69, 9.17) is 5.11 Å². The van der Waals surface area contributed by atoms with Gasteiger partial charge in [0.2, 0.25) is 0 Å². The summed E-state index contributed by atoms with van der Waals surface area (Å²) in [6.07, 6.45) is 2.69. The number of nitrogens with one attached hydrogen (secondary N) is 1. The quantitative estimate of drug-likeness (QED) is 0.635. The molecule has 1 aromatic carbocycles. The zero-order valence-electron chi connectivity index (χ0n) is 9.65. The number of nitrogens with zero attached hydrogens (tertiary/aromatic N) is 1. The van der Waals surface area contributed by atoms with Crippen LogP contribution in [0.3, 0.4) is 0 Å². The van der Waals surface area contributed by atoms with Gasteiger partial charge in [-0.2, -0.15) is 5.10 Å². The van der Waals surface area contributed by atoms with Crippen LogP contribution in [0.5, 0.6) is 0 Å². The fraction of sp³-hybridized carbons (Fsp3) is 0. The summed E-state index contributed by atoms with van der Waals surface area (Å²) in [5, 5.41) is 14.9. The molecule has 1 aliphatic heterocycles. The molecule has 2 N–H and O–H groups in total. The maximum atomic E-state index is 11.1. The second-order valence-corrected chi connectivity index (χ2v) is 5.41. The highest BCUT2D eigenvalue weighted by Gasteiger charge is 2.10. The predicted octanol–water partition coefficient (Wildman–Crippen LogP) is 1.09. The Labute approximate surface area is 109 Å². The summed E-state index contributed by atoms with van der Waals surface area (Å²) >= 11 is 0. The number of hydrogen-bond acceptors (Lipinski definition) is 5. The van der Waals surface area contributed by atoms with Crippen LogP contribution in [-0.2, 0) is 9.84 Å². The zero-order valence-corrected chi connectivity index (χ0v) is 10.5. The predicted molar refractivity (Wildman–Crippen MR) is 70.3 cm³/mol. The Morgan fingerprint density at radius 2 is 2.05 bits per heavy atom. The van der Waals surface area contributed by atoms with Crippen molar-refractivity contribution in [2.45, 2.75) is 0 Å². The van der Waals surface area contributed by atoms with Crippen LogP contribution in [0, 0.1) is 0 Å². The van der Waals surface area contributed by atoms with Gasteiger partial charge < -0.3 is 5.11 Å². The van der Waals surface area contributed by atoms with Gasteiger partial charge in [-0.1, -0.05) is 18.2 Å². The molecular formula is C12H10N2O4S. The third-order valence-corrected chi connectivity index (χ3v) is 3.41. The van der Waals surface area contributed by atoms with Crippen molar-refractivity contribution in [1.82, 2.24) is 5.43 Å². The highest BCUT2D eigenvalue weighted by molar-refractivity contribution is 7.97. The van der Waals surface area contributed by atoms with Crippen molar-refractivity contribution < 1.29 is 18.3 Å². The second kappa shape index (κ2) is 5.07. The van der Waals surface area contributed by atoms with Crippen molar-refractivity contribution in [3.05, 3.63) is 58.0 Å². The molecule has 98 valence electrons. The van der Waals surface area contributed by atoms with Crippen molar-refractivity contribution in [1.29, 1.82) is 0 Å². The molecule has 0 aliphatic carbocycles. The molecule has 0 unspecified atom stereocenters. The van der Waals surface area contributed by atoms with Crippen LogP contribution in [0.4, 0.5) is 0 Å². The minimum Gasteiger partial charge on any atom is -0.478 e. The molecule has 0 amide bonds. The molecular weight excluding hydrogens is 268 g/mol. The first kappa shape index (κ1) is 13.0. The zero-order chi connectivity index (χ0) is 13.9. The number of hydrazone groups is 1. The summed E-state index contributed by atoms with van der Waals surface area (Å²) in [6.45, 7) is 0. The van der Waals surface area contributed by atoms with Crippen LogP contribution in [0.25, 0.3) is 0 Å². The normalized spacial score (nSPS) is 16.5. The summed E-state index contributed by atoms with van der Waals surface area (Å²) in [5.74, 6) is -1.05. The molecule has 7 heteroatoms. The Bertz CT molecular complexity index is 702. The molecule has 0 atom stereocenters. The van der Waals surface area contributed by atoms with Crippen molar-refractivity contribution in [2.75, 3.05) is 0 Å². The molecule has 1 aromatic rings. The molecule has 1 aliphatic rings. The molecule has 0 saturated carbocycles. The highest BCUT2D eigenvalue weighted by Crippen LogP contribution is 2.10. The van der Waals surface area contributed by atoms with Gasteiger partial charge in [-0.25, -0.2) is 13.2 Å². The summed E-state index contributed by atoms with van der Waals surface area (Å²) in [5.41, 5.74) is 3.39. The van der Waals surface area contributed by atoms with E-state index < -0.39 is 15.8 Å². The van der Waals surface area contributed by atoms with Crippen LogP contribution in [0.1, 0.15) is 15.9 Å². The Balaban J connectivity index is 2.13. The molecule has 19 heavy (non-hydrogen) atoms. The van der Waals surface area contributed by atoms with Gasteiger partial charge in [-0.3, -0.25) is 5.43 Å². The fourth-order valence-electron chi connectivity index (χ4n) is 1.47. The number of carboxylic acids is 1. The van der Waals surface area contributed by atoms with Gasteiger partial charge >= 0.3 is 5.97 Å². The van der Waals surface area contributed by atoms with Crippen LogP contribution < -0.4 is 5.43 Å². The summed E-state index contributed by atoms with van der Waals surface area (Å²) < 4.78 is 22.2. The Hall–Kier alpha value is -2.41. The van der Waals surface area contributed by atoms with Crippen LogP contribution in [0.15, 0.2) is 52.0 Å². The lowest BCUT2D eigenvalue weighted by molar-refractivity contribution is 0.0696. The molecule has 0 saturated heterocycles. The van der Waals surface area contributed by atoms with E-state index in [2.05, 4.69) is 10.5 Å². The SMILES string of the molecule is O=C(O)c1ccccc1/C=N/NC1=CS(=O)(=O)C=C1. The van der Waals surface area contributed by atoms with Gasteiger partial charge in [-0.15, -0.1) is 0 Å². The van der Waals surface area contributed by atoms with E-state index in [1.165, 1.54) is 18.4 Å². The van der Waals surface area contributed by atoms with Crippen molar-refractivity contribution in [3.63, 3.8) is 0 Å². The summed E-state index contributed by atoms with van der Waals surface area (Å²) in [6, 6.07) is 6.36. The van der Waals surface area contributed by atoms with E-state index in [0.29, 0.717) is 11.3 Å². The Morgan fingerprint density at radius 3 is 2.68 bits per heavy atom. The first-order valence-corrected chi connectivity index (χ1v) is 6.85. The third-order valence-electron chi connectivity index (χ3n) is 2.32. The van der Waals surface area contributed by atoms with Crippen molar-refractivity contribution in [3.8, 4) is 0 Å².